The van der Waals surface area contributed by atoms with Gasteiger partial charge >= 0.3 is 0 Å². The van der Waals surface area contributed by atoms with E-state index in [1.165, 1.54) is 0 Å². The van der Waals surface area contributed by atoms with Gasteiger partial charge in [0.2, 0.25) is 0 Å². The van der Waals surface area contributed by atoms with Crippen LogP contribution in [0, 0.1) is 6.07 Å². The van der Waals surface area contributed by atoms with Crippen LogP contribution in [0.25, 0.3) is 21.8 Å². The first-order valence-corrected chi connectivity index (χ1v) is 4.80. The van der Waals surface area contributed by atoms with Gasteiger partial charge in [-0.05, 0) is 17.3 Å². The SMILES string of the molecule is Nc1c2c[c-]ccc2nc2ccccc12.[Re]. The van der Waals surface area contributed by atoms with E-state index in [4.69, 9.17) is 5.73 Å². The van der Waals surface area contributed by atoms with Gasteiger partial charge in [-0.2, -0.15) is 18.2 Å². The van der Waals surface area contributed by atoms with Gasteiger partial charge in [0.05, 0.1) is 5.52 Å². The third-order valence-electron chi connectivity index (χ3n) is 2.57. The Kier molecular flexibility index (Phi) is 2.91. The number of fused-ring (bicyclic) bond motifs is 2. The molecule has 79 valence electrons. The van der Waals surface area contributed by atoms with Crippen LogP contribution in [0.3, 0.4) is 0 Å². The zero-order valence-electron chi connectivity index (χ0n) is 8.44. The molecule has 0 atom stereocenters. The summed E-state index contributed by atoms with van der Waals surface area (Å²) in [6, 6.07) is 16.6. The average molecular weight is 379 g/mol. The number of hydrogen-bond acceptors (Lipinski definition) is 2. The number of para-hydroxylation sites is 1. The summed E-state index contributed by atoms with van der Waals surface area (Å²) < 4.78 is 0. The van der Waals surface area contributed by atoms with E-state index in [1.54, 1.807) is 0 Å². The topological polar surface area (TPSA) is 38.9 Å². The number of benzene rings is 2. The molecule has 0 fully saturated rings. The molecule has 0 spiro atoms. The van der Waals surface area contributed by atoms with Crippen LogP contribution in [-0.2, 0) is 20.4 Å². The van der Waals surface area contributed by atoms with E-state index in [9.17, 15) is 0 Å². The predicted molar refractivity (Wildman–Crippen MR) is 62.5 cm³/mol. The third kappa shape index (κ3) is 1.59. The number of anilines is 1. The smallest absolute Gasteiger partial charge is 0.0693 e. The second-order valence-corrected chi connectivity index (χ2v) is 3.49. The molecule has 1 heterocycles. The Morgan fingerprint density at radius 3 is 2.62 bits per heavy atom. The minimum absolute atomic E-state index is 0. The number of rotatable bonds is 0. The van der Waals surface area contributed by atoms with E-state index in [2.05, 4.69) is 11.1 Å². The van der Waals surface area contributed by atoms with Crippen LogP contribution in [0.15, 0.2) is 42.5 Å². The first-order valence-electron chi connectivity index (χ1n) is 4.80. The Hall–Kier alpha value is -1.43. The Morgan fingerprint density at radius 2 is 1.75 bits per heavy atom. The van der Waals surface area contributed by atoms with Crippen molar-refractivity contribution in [3.05, 3.63) is 48.5 Å². The van der Waals surface area contributed by atoms with Crippen molar-refractivity contribution in [3.8, 4) is 0 Å². The number of nitrogens with two attached hydrogens (primary N) is 1. The summed E-state index contributed by atoms with van der Waals surface area (Å²) in [4.78, 5) is 4.54. The van der Waals surface area contributed by atoms with Crippen molar-refractivity contribution in [1.29, 1.82) is 0 Å². The van der Waals surface area contributed by atoms with Gasteiger partial charge in [0.15, 0.2) is 0 Å². The normalized spacial score (nSPS) is 10.2. The molecule has 0 bridgehead atoms. The van der Waals surface area contributed by atoms with Crippen molar-refractivity contribution >= 4 is 27.5 Å². The van der Waals surface area contributed by atoms with Gasteiger partial charge in [-0.1, -0.05) is 23.6 Å². The van der Waals surface area contributed by atoms with Crippen molar-refractivity contribution < 1.29 is 20.4 Å². The van der Waals surface area contributed by atoms with Crippen LogP contribution in [0.5, 0.6) is 0 Å². The summed E-state index contributed by atoms with van der Waals surface area (Å²) in [5.74, 6) is 0. The number of nitrogen functional groups attached to an aromatic ring is 1. The minimum Gasteiger partial charge on any atom is -0.408 e. The molecule has 0 amide bonds. The molecular formula is C13H9N2Re-. The molecule has 2 aromatic carbocycles. The maximum Gasteiger partial charge on any atom is 0.0693 e. The number of hydrogen-bond donors (Lipinski definition) is 1. The molecule has 0 saturated carbocycles. The molecule has 1 radical (unpaired) electrons. The third-order valence-corrected chi connectivity index (χ3v) is 2.57. The van der Waals surface area contributed by atoms with E-state index in [0.717, 1.165) is 27.5 Å². The molecule has 0 saturated heterocycles. The number of pyridine rings is 1. The quantitative estimate of drug-likeness (QED) is 0.482. The van der Waals surface area contributed by atoms with Crippen LogP contribution in [0.4, 0.5) is 5.69 Å². The number of nitrogens with zero attached hydrogens (tertiary/aromatic N) is 1. The molecular weight excluding hydrogens is 370 g/mol. The Labute approximate surface area is 107 Å². The largest absolute Gasteiger partial charge is 0.408 e. The molecule has 0 unspecified atom stereocenters. The maximum atomic E-state index is 6.09. The van der Waals surface area contributed by atoms with Gasteiger partial charge in [-0.3, -0.25) is 4.98 Å². The second kappa shape index (κ2) is 4.21. The maximum absolute atomic E-state index is 6.09. The van der Waals surface area contributed by atoms with Gasteiger partial charge < -0.3 is 5.73 Å². The van der Waals surface area contributed by atoms with E-state index < -0.39 is 0 Å². The molecule has 0 aliphatic carbocycles. The second-order valence-electron chi connectivity index (χ2n) is 3.49. The van der Waals surface area contributed by atoms with Gasteiger partial charge in [0, 0.05) is 25.8 Å². The molecule has 3 aromatic rings. The van der Waals surface area contributed by atoms with E-state index in [0.29, 0.717) is 0 Å². The molecule has 0 aliphatic rings. The summed E-state index contributed by atoms with van der Waals surface area (Å²) in [5, 5.41) is 1.97. The fourth-order valence-electron chi connectivity index (χ4n) is 1.81. The average Bonchev–Trinajstić information content (AvgIpc) is 2.30. The molecule has 0 aliphatic heterocycles. The summed E-state index contributed by atoms with van der Waals surface area (Å²) >= 11 is 0. The summed E-state index contributed by atoms with van der Waals surface area (Å²) in [6.07, 6.45) is 0. The van der Waals surface area contributed by atoms with Crippen LogP contribution in [0.1, 0.15) is 0 Å². The minimum atomic E-state index is 0. The van der Waals surface area contributed by atoms with Crippen molar-refractivity contribution in [1.82, 2.24) is 4.98 Å². The first kappa shape index (κ1) is 11.1. The van der Waals surface area contributed by atoms with Crippen molar-refractivity contribution in [3.63, 3.8) is 0 Å². The van der Waals surface area contributed by atoms with E-state index >= 15 is 0 Å². The summed E-state index contributed by atoms with van der Waals surface area (Å²) in [6.45, 7) is 0. The van der Waals surface area contributed by atoms with Gasteiger partial charge in [0.1, 0.15) is 0 Å². The van der Waals surface area contributed by atoms with Gasteiger partial charge in [0.25, 0.3) is 0 Å². The van der Waals surface area contributed by atoms with Crippen LogP contribution < -0.4 is 5.73 Å². The fourth-order valence-corrected chi connectivity index (χ4v) is 1.81. The molecule has 16 heavy (non-hydrogen) atoms. The monoisotopic (exact) mass is 380 g/mol. The molecule has 3 rings (SSSR count). The molecule has 1 aromatic heterocycles. The zero-order valence-corrected chi connectivity index (χ0v) is 11.2. The van der Waals surface area contributed by atoms with Crippen LogP contribution in [-0.4, -0.2) is 4.98 Å². The van der Waals surface area contributed by atoms with Crippen molar-refractivity contribution in [2.75, 3.05) is 5.73 Å². The Morgan fingerprint density at radius 1 is 1.00 bits per heavy atom. The Balaban J connectivity index is 0.000000963. The molecule has 3 heteroatoms. The summed E-state index contributed by atoms with van der Waals surface area (Å²) in [5.41, 5.74) is 8.74. The molecule has 2 N–H and O–H groups in total. The van der Waals surface area contributed by atoms with Crippen molar-refractivity contribution in [2.24, 2.45) is 0 Å². The molecule has 2 nitrogen and oxygen atoms in total. The van der Waals surface area contributed by atoms with Crippen LogP contribution in [0.2, 0.25) is 0 Å². The fraction of sp³-hybridized carbons (Fsp3) is 0. The van der Waals surface area contributed by atoms with E-state index in [-0.39, 0.29) is 20.4 Å². The van der Waals surface area contributed by atoms with Gasteiger partial charge in [-0.15, -0.1) is 6.07 Å². The van der Waals surface area contributed by atoms with Crippen molar-refractivity contribution in [2.45, 2.75) is 0 Å². The van der Waals surface area contributed by atoms with E-state index in [1.807, 2.05) is 42.5 Å². The van der Waals surface area contributed by atoms with Crippen LogP contribution >= 0.6 is 0 Å². The Bertz CT molecular complexity index is 596. The zero-order chi connectivity index (χ0) is 10.3. The summed E-state index contributed by atoms with van der Waals surface area (Å²) in [7, 11) is 0. The number of aromatic nitrogens is 1. The first-order chi connectivity index (χ1) is 7.36. The van der Waals surface area contributed by atoms with Gasteiger partial charge in [-0.25, -0.2) is 0 Å². The predicted octanol–water partition coefficient (Wildman–Crippen LogP) is 2.77. The standard InChI is InChI=1S/C13H9N2.Re/c14-13-9-5-1-3-7-11(9)15-12-8-4-2-6-10(12)13;/h1,3-8H,(H2,14,15);/q-1;.